The van der Waals surface area contributed by atoms with Gasteiger partial charge in [0.25, 0.3) is 0 Å². The van der Waals surface area contributed by atoms with Gasteiger partial charge in [-0.1, -0.05) is 152 Å². The van der Waals surface area contributed by atoms with Gasteiger partial charge < -0.3 is 14.3 Å². The third-order valence-electron chi connectivity index (χ3n) is 13.3. The second-order valence-electron chi connectivity index (χ2n) is 17.0. The Bertz CT molecular complexity index is 4080. The van der Waals surface area contributed by atoms with Crippen molar-refractivity contribution in [2.24, 2.45) is 9.98 Å². The smallest absolute Gasteiger partial charge is 0.159 e. The van der Waals surface area contributed by atoms with Gasteiger partial charge >= 0.3 is 0 Å². The predicted molar refractivity (Wildman–Crippen MR) is 267 cm³/mol. The summed E-state index contributed by atoms with van der Waals surface area (Å²) in [5.74, 6) is 1.40. The molecule has 2 aromatic heterocycles. The van der Waals surface area contributed by atoms with Crippen LogP contribution in [-0.2, 0) is 0 Å². The molecular weight excluding hydrogens is 781 g/mol. The first-order valence-electron chi connectivity index (χ1n) is 21.8. The summed E-state index contributed by atoms with van der Waals surface area (Å²) in [7, 11) is 0. The molecule has 3 heterocycles. The van der Waals surface area contributed by atoms with Crippen LogP contribution in [0.3, 0.4) is 0 Å². The van der Waals surface area contributed by atoms with E-state index < -0.39 is 0 Å². The van der Waals surface area contributed by atoms with Gasteiger partial charge in [0.05, 0.1) is 22.1 Å². The maximum absolute atomic E-state index is 6.97. The monoisotopic (exact) mass is 816 g/mol. The molecule has 0 radical (unpaired) electrons. The van der Waals surface area contributed by atoms with Crippen LogP contribution in [0.15, 0.2) is 221 Å². The van der Waals surface area contributed by atoms with Gasteiger partial charge in [0, 0.05) is 27.3 Å². The lowest BCUT2D eigenvalue weighted by molar-refractivity contribution is 0.668. The number of benzene rings is 11. The van der Waals surface area contributed by atoms with Crippen LogP contribution < -0.4 is 5.32 Å². The topological polar surface area (TPSA) is 54.8 Å². The van der Waals surface area contributed by atoms with Gasteiger partial charge in [-0.2, -0.15) is 0 Å². The summed E-state index contributed by atoms with van der Waals surface area (Å²) in [6, 6.07) is 74.1. The molecule has 14 rings (SSSR count). The fraction of sp³-hybridized carbons (Fsp3) is 0.0169. The molecule has 5 nitrogen and oxygen atoms in total. The molecule has 1 N–H and O–H groups in total. The number of aliphatic imine (C=N–C) groups is 2. The van der Waals surface area contributed by atoms with Crippen molar-refractivity contribution in [2.45, 2.75) is 6.17 Å². The molecule has 0 amide bonds. The van der Waals surface area contributed by atoms with E-state index in [-0.39, 0.29) is 6.17 Å². The van der Waals surface area contributed by atoms with Crippen LogP contribution >= 0.6 is 0 Å². The minimum atomic E-state index is -0.373. The van der Waals surface area contributed by atoms with Crippen LogP contribution in [-0.4, -0.2) is 16.2 Å². The Morgan fingerprint density at radius 1 is 0.406 bits per heavy atom. The zero-order valence-electron chi connectivity index (χ0n) is 34.5. The number of nitrogens with one attached hydrogen (secondary N) is 1. The van der Waals surface area contributed by atoms with Gasteiger partial charge in [0.1, 0.15) is 23.2 Å². The molecule has 5 heteroatoms. The molecule has 0 saturated carbocycles. The lowest BCUT2D eigenvalue weighted by Gasteiger charge is -2.24. The third-order valence-corrected chi connectivity index (χ3v) is 13.3. The molecule has 1 aliphatic rings. The molecule has 298 valence electrons. The summed E-state index contributed by atoms with van der Waals surface area (Å²) in [6.45, 7) is 0. The van der Waals surface area contributed by atoms with E-state index in [1.54, 1.807) is 0 Å². The number of furan rings is 1. The molecule has 1 atom stereocenters. The van der Waals surface area contributed by atoms with E-state index in [1.165, 1.54) is 48.5 Å². The fourth-order valence-corrected chi connectivity index (χ4v) is 10.2. The maximum atomic E-state index is 6.97. The third kappa shape index (κ3) is 5.37. The van der Waals surface area contributed by atoms with E-state index >= 15 is 0 Å². The highest BCUT2D eigenvalue weighted by Gasteiger charge is 2.25. The molecule has 0 saturated heterocycles. The van der Waals surface area contributed by atoms with Gasteiger partial charge in [-0.3, -0.25) is 0 Å². The largest absolute Gasteiger partial charge is 0.456 e. The summed E-state index contributed by atoms with van der Waals surface area (Å²) in [4.78, 5) is 10.8. The first kappa shape index (κ1) is 35.1. The van der Waals surface area contributed by atoms with Crippen molar-refractivity contribution < 1.29 is 4.42 Å². The summed E-state index contributed by atoms with van der Waals surface area (Å²) >= 11 is 0. The Morgan fingerprint density at radius 2 is 0.969 bits per heavy atom. The van der Waals surface area contributed by atoms with Crippen LogP contribution in [0.4, 0.5) is 0 Å². The Balaban J connectivity index is 1.07. The number of rotatable bonds is 4. The number of hydrogen-bond acceptors (Lipinski definition) is 4. The maximum Gasteiger partial charge on any atom is 0.159 e. The molecule has 0 spiro atoms. The molecular formula is C59H36N4O. The highest BCUT2D eigenvalue weighted by atomic mass is 16.3. The average Bonchev–Trinajstić information content (AvgIpc) is 3.87. The first-order valence-corrected chi connectivity index (χ1v) is 21.8. The molecule has 1 aliphatic heterocycles. The van der Waals surface area contributed by atoms with Crippen molar-refractivity contribution in [3.05, 3.63) is 223 Å². The van der Waals surface area contributed by atoms with Gasteiger partial charge in [-0.15, -0.1) is 0 Å². The molecule has 64 heavy (non-hydrogen) atoms. The van der Waals surface area contributed by atoms with Gasteiger partial charge in [0.15, 0.2) is 5.84 Å². The van der Waals surface area contributed by atoms with Crippen LogP contribution in [0.2, 0.25) is 0 Å². The highest BCUT2D eigenvalue weighted by molar-refractivity contribution is 6.22. The quantitative estimate of drug-likeness (QED) is 0.180. The van der Waals surface area contributed by atoms with Crippen molar-refractivity contribution in [1.29, 1.82) is 0 Å². The lowest BCUT2D eigenvalue weighted by atomic mass is 9.99. The molecule has 13 aromatic rings. The standard InChI is InChI=1S/C59H36N4O/c1-2-13-36(14-3-1)57-60-58(44-24-25-47-43(26-44)23-22-35-12-10-11-21-46(35)47)62-59(61-57)45-32-53(56-50-29-39-17-6-9-20-42(39)33-54(50)64-55(56)34-45)63-51-30-40-18-7-4-15-37(40)27-48(51)49-28-38-16-5-8-19-41(38)31-52(49)63/h1-34,57H,(H,60,61,62). The zero-order chi connectivity index (χ0) is 41.9. The first-order chi connectivity index (χ1) is 31.7. The second kappa shape index (κ2) is 13.5. The average molecular weight is 817 g/mol. The van der Waals surface area contributed by atoms with E-state index in [0.29, 0.717) is 5.84 Å². The van der Waals surface area contributed by atoms with Crippen molar-refractivity contribution in [1.82, 2.24) is 9.88 Å². The minimum Gasteiger partial charge on any atom is -0.456 e. The van der Waals surface area contributed by atoms with Crippen LogP contribution in [0.25, 0.3) is 103 Å². The number of nitrogens with zero attached hydrogens (tertiary/aromatic N) is 3. The molecule has 11 aromatic carbocycles. The summed E-state index contributed by atoms with van der Waals surface area (Å²) in [6.07, 6.45) is -0.373. The van der Waals surface area contributed by atoms with Gasteiger partial charge in [-0.05, 0) is 114 Å². The van der Waals surface area contributed by atoms with Crippen molar-refractivity contribution in [2.75, 3.05) is 0 Å². The summed E-state index contributed by atoms with van der Waals surface area (Å²) in [5.41, 5.74) is 7.80. The second-order valence-corrected chi connectivity index (χ2v) is 17.0. The Morgan fingerprint density at radius 3 is 1.66 bits per heavy atom. The van der Waals surface area contributed by atoms with Gasteiger partial charge in [0.2, 0.25) is 0 Å². The molecule has 0 fully saturated rings. The van der Waals surface area contributed by atoms with E-state index in [0.717, 1.165) is 77.3 Å². The number of hydrogen-bond donors (Lipinski definition) is 1. The van der Waals surface area contributed by atoms with E-state index in [1.807, 2.05) is 6.07 Å². The fourth-order valence-electron chi connectivity index (χ4n) is 10.2. The van der Waals surface area contributed by atoms with Crippen molar-refractivity contribution in [3.63, 3.8) is 0 Å². The lowest BCUT2D eigenvalue weighted by Crippen LogP contribution is -2.33. The molecule has 1 unspecified atom stereocenters. The van der Waals surface area contributed by atoms with E-state index in [2.05, 4.69) is 210 Å². The summed E-state index contributed by atoms with van der Waals surface area (Å²) in [5, 5.41) is 20.2. The number of aromatic nitrogens is 1. The number of fused-ring (bicyclic) bond motifs is 12. The Labute approximate surface area is 366 Å². The van der Waals surface area contributed by atoms with Crippen LogP contribution in [0.5, 0.6) is 0 Å². The van der Waals surface area contributed by atoms with Crippen LogP contribution in [0.1, 0.15) is 22.9 Å². The highest BCUT2D eigenvalue weighted by Crippen LogP contribution is 2.43. The Kier molecular flexibility index (Phi) is 7.39. The summed E-state index contributed by atoms with van der Waals surface area (Å²) < 4.78 is 9.42. The Hall–Kier alpha value is -8.54. The van der Waals surface area contributed by atoms with Crippen molar-refractivity contribution in [3.8, 4) is 5.69 Å². The number of amidine groups is 2. The molecule has 0 aliphatic carbocycles. The normalized spacial score (nSPS) is 14.4. The molecule has 0 bridgehead atoms. The minimum absolute atomic E-state index is 0.373. The van der Waals surface area contributed by atoms with E-state index in [9.17, 15) is 0 Å². The SMILES string of the molecule is c1ccc(C2N=C(c3cc(-n4c5cc6ccccc6cc5c5cc6ccccc6cc54)c4c(c3)oc3cc5ccccc5cc34)N=C(c3ccc4c(ccc5ccccc54)c3)N2)cc1. The van der Waals surface area contributed by atoms with Crippen molar-refractivity contribution >= 4 is 109 Å². The predicted octanol–water partition coefficient (Wildman–Crippen LogP) is 14.9. The van der Waals surface area contributed by atoms with Gasteiger partial charge in [-0.25, -0.2) is 9.98 Å². The zero-order valence-corrected chi connectivity index (χ0v) is 34.5. The van der Waals surface area contributed by atoms with E-state index in [4.69, 9.17) is 14.4 Å². The van der Waals surface area contributed by atoms with Crippen LogP contribution in [0, 0.1) is 0 Å².